The van der Waals surface area contributed by atoms with E-state index in [1.54, 1.807) is 0 Å². The van der Waals surface area contributed by atoms with Crippen LogP contribution in [0.3, 0.4) is 0 Å². The van der Waals surface area contributed by atoms with Gasteiger partial charge in [-0.05, 0) is 53.6 Å². The summed E-state index contributed by atoms with van der Waals surface area (Å²) in [6, 6.07) is 35.1. The molecular formula is C34H23N4O+. The molecule has 2 unspecified atom stereocenters. The maximum Gasteiger partial charge on any atom is 0.296 e. The molecule has 0 aliphatic carbocycles. The molecule has 0 saturated carbocycles. The van der Waals surface area contributed by atoms with E-state index >= 15 is 0 Å². The quantitative estimate of drug-likeness (QED) is 0.211. The largest absolute Gasteiger partial charge is 0.456 e. The van der Waals surface area contributed by atoms with Crippen LogP contribution in [0, 0.1) is 0 Å². The van der Waals surface area contributed by atoms with Crippen LogP contribution in [0.25, 0.3) is 22.3 Å². The van der Waals surface area contributed by atoms with Gasteiger partial charge < -0.3 is 14.5 Å². The summed E-state index contributed by atoms with van der Waals surface area (Å²) in [7, 11) is 2.19. The van der Waals surface area contributed by atoms with Crippen LogP contribution in [-0.4, -0.2) is 18.1 Å². The zero-order valence-electron chi connectivity index (χ0n) is 21.2. The first kappa shape index (κ1) is 20.0. The number of hydrogen-bond acceptors (Lipinski definition) is 4. The van der Waals surface area contributed by atoms with Crippen LogP contribution >= 0.6 is 0 Å². The van der Waals surface area contributed by atoms with Crippen LogP contribution in [0.5, 0.6) is 11.5 Å². The minimum absolute atomic E-state index is 0.0323. The van der Waals surface area contributed by atoms with Crippen molar-refractivity contribution in [1.82, 2.24) is 4.90 Å². The molecule has 1 aromatic heterocycles. The molecule has 10 rings (SSSR count). The molecule has 4 aromatic carbocycles. The Balaban J connectivity index is 1.45. The van der Waals surface area contributed by atoms with Crippen LogP contribution in [-0.2, 0) is 5.54 Å². The molecule has 0 bridgehead atoms. The molecule has 5 aromatic rings. The van der Waals surface area contributed by atoms with E-state index in [1.807, 2.05) is 0 Å². The summed E-state index contributed by atoms with van der Waals surface area (Å²) >= 11 is 0. The van der Waals surface area contributed by atoms with Crippen molar-refractivity contribution < 1.29 is 9.30 Å². The highest BCUT2D eigenvalue weighted by Crippen LogP contribution is 2.65. The Labute approximate surface area is 226 Å². The fourth-order valence-corrected chi connectivity index (χ4v) is 7.92. The summed E-state index contributed by atoms with van der Waals surface area (Å²) in [4.78, 5) is 7.25. The summed E-state index contributed by atoms with van der Waals surface area (Å²) in [5, 5.41) is 0. The fourth-order valence-electron chi connectivity index (χ4n) is 7.92. The number of aromatic nitrogens is 1. The third kappa shape index (κ3) is 2.06. The van der Waals surface area contributed by atoms with E-state index in [0.717, 1.165) is 11.5 Å². The van der Waals surface area contributed by atoms with Crippen molar-refractivity contribution >= 4 is 22.9 Å². The van der Waals surface area contributed by atoms with Gasteiger partial charge in [-0.15, -0.1) is 0 Å². The van der Waals surface area contributed by atoms with Crippen LogP contribution in [0.4, 0.5) is 22.9 Å². The average molecular weight is 504 g/mol. The van der Waals surface area contributed by atoms with Crippen molar-refractivity contribution in [1.29, 1.82) is 0 Å². The molecule has 184 valence electrons. The van der Waals surface area contributed by atoms with E-state index in [9.17, 15) is 0 Å². The van der Waals surface area contributed by atoms with Gasteiger partial charge >= 0.3 is 0 Å². The topological polar surface area (TPSA) is 22.8 Å². The molecule has 0 radical (unpaired) electrons. The lowest BCUT2D eigenvalue weighted by Crippen LogP contribution is -2.70. The number of anilines is 4. The first-order valence-electron chi connectivity index (χ1n) is 13.5. The van der Waals surface area contributed by atoms with Crippen LogP contribution in [0.15, 0.2) is 116 Å². The third-order valence-electron chi connectivity index (χ3n) is 9.21. The van der Waals surface area contributed by atoms with Gasteiger partial charge in [-0.3, -0.25) is 0 Å². The van der Waals surface area contributed by atoms with Gasteiger partial charge in [0.05, 0.1) is 28.6 Å². The smallest absolute Gasteiger partial charge is 0.296 e. The lowest BCUT2D eigenvalue weighted by atomic mass is 9.75. The molecule has 39 heavy (non-hydrogen) atoms. The molecule has 6 heterocycles. The van der Waals surface area contributed by atoms with E-state index < -0.39 is 5.54 Å². The number of hydrogen-bond donors (Lipinski definition) is 0. The summed E-state index contributed by atoms with van der Waals surface area (Å²) in [5.74, 6) is 3.03. The fraction of sp³-hybridized carbons (Fsp3) is 0.0882. The number of ether oxygens (including phenoxy) is 1. The first-order valence-corrected chi connectivity index (χ1v) is 13.5. The second-order valence-electron chi connectivity index (χ2n) is 10.9. The van der Waals surface area contributed by atoms with Gasteiger partial charge in [0.25, 0.3) is 5.82 Å². The molecule has 5 heteroatoms. The molecular weight excluding hydrogens is 480 g/mol. The Morgan fingerprint density at radius 2 is 1.28 bits per heavy atom. The predicted molar refractivity (Wildman–Crippen MR) is 152 cm³/mol. The van der Waals surface area contributed by atoms with Gasteiger partial charge in [0, 0.05) is 25.0 Å². The van der Waals surface area contributed by atoms with Gasteiger partial charge in [0.1, 0.15) is 22.9 Å². The van der Waals surface area contributed by atoms with Crippen LogP contribution in [0.1, 0.15) is 11.1 Å². The molecule has 0 amide bonds. The molecule has 0 N–H and O–H groups in total. The highest BCUT2D eigenvalue weighted by molar-refractivity contribution is 6.02. The highest BCUT2D eigenvalue weighted by Gasteiger charge is 2.68. The molecule has 0 fully saturated rings. The number of benzene rings is 4. The Bertz CT molecular complexity index is 1960. The van der Waals surface area contributed by atoms with E-state index in [0.29, 0.717) is 0 Å². The minimum atomic E-state index is -0.509. The molecule has 5 aliphatic rings. The van der Waals surface area contributed by atoms with Crippen molar-refractivity contribution in [2.45, 2.75) is 11.7 Å². The van der Waals surface area contributed by atoms with Crippen LogP contribution < -0.4 is 19.1 Å². The first-order chi connectivity index (χ1) is 19.3. The molecule has 0 saturated heterocycles. The summed E-state index contributed by atoms with van der Waals surface area (Å²) in [6.45, 7) is 0. The van der Waals surface area contributed by atoms with Crippen molar-refractivity contribution in [3.05, 3.63) is 127 Å². The van der Waals surface area contributed by atoms with Crippen molar-refractivity contribution in [2.24, 2.45) is 0 Å². The lowest BCUT2D eigenvalue weighted by Gasteiger charge is -2.45. The normalized spacial score (nSPS) is 21.3. The van der Waals surface area contributed by atoms with E-state index in [1.165, 1.54) is 56.3 Å². The van der Waals surface area contributed by atoms with E-state index in [4.69, 9.17) is 4.74 Å². The Kier molecular flexibility index (Phi) is 3.34. The minimum Gasteiger partial charge on any atom is -0.456 e. The number of pyridine rings is 1. The molecule has 5 aliphatic heterocycles. The van der Waals surface area contributed by atoms with Crippen molar-refractivity contribution in [3.8, 4) is 33.8 Å². The lowest BCUT2D eigenvalue weighted by molar-refractivity contribution is -0.737. The number of para-hydroxylation sites is 1. The van der Waals surface area contributed by atoms with Gasteiger partial charge in [-0.2, -0.15) is 4.90 Å². The second-order valence-corrected chi connectivity index (χ2v) is 10.9. The van der Waals surface area contributed by atoms with Gasteiger partial charge in [-0.1, -0.05) is 54.6 Å². The average Bonchev–Trinajstić information content (AvgIpc) is 3.47. The zero-order chi connectivity index (χ0) is 25.5. The zero-order valence-corrected chi connectivity index (χ0v) is 21.2. The number of nitrogens with zero attached hydrogens (tertiary/aromatic N) is 4. The molecule has 1 spiro atoms. The number of fused-ring (bicyclic) bond motifs is 8. The summed E-state index contributed by atoms with van der Waals surface area (Å²) in [5.41, 5.74) is 10.4. The third-order valence-corrected chi connectivity index (χ3v) is 9.21. The Hall–Kier alpha value is -5.03. The van der Waals surface area contributed by atoms with Crippen LogP contribution in [0.2, 0.25) is 0 Å². The van der Waals surface area contributed by atoms with E-state index in [-0.39, 0.29) is 6.17 Å². The van der Waals surface area contributed by atoms with E-state index in [2.05, 4.69) is 142 Å². The summed E-state index contributed by atoms with van der Waals surface area (Å²) in [6.07, 6.45) is 6.73. The van der Waals surface area contributed by atoms with Gasteiger partial charge in [-0.25, -0.2) is 4.57 Å². The maximum atomic E-state index is 6.74. The second kappa shape index (κ2) is 6.51. The molecule has 2 atom stereocenters. The standard InChI is InChI=1S/C34H23N4O/c1-35-19-20-36-26-14-6-16-28-30(26)34(33(35)36)31-27(15-7-17-29(31)39-28)38-25-13-5-4-11-23(25)21-9-2-3-10-22(21)24-12-8-18-37(34)32(24)38/h2-20,33H,1H3/q+1. The van der Waals surface area contributed by atoms with Crippen molar-refractivity contribution in [2.75, 3.05) is 16.8 Å². The highest BCUT2D eigenvalue weighted by atomic mass is 16.5. The van der Waals surface area contributed by atoms with Crippen molar-refractivity contribution in [3.63, 3.8) is 0 Å². The summed E-state index contributed by atoms with van der Waals surface area (Å²) < 4.78 is 9.29. The number of likely N-dealkylation sites (N-methyl/N-ethyl adjacent to an activating group) is 1. The van der Waals surface area contributed by atoms with Gasteiger partial charge in [0.15, 0.2) is 6.17 Å². The maximum absolute atomic E-state index is 6.74. The molecule has 5 nitrogen and oxygen atoms in total. The van der Waals surface area contributed by atoms with Gasteiger partial charge in [0.2, 0.25) is 5.54 Å². The Morgan fingerprint density at radius 1 is 0.641 bits per heavy atom. The Morgan fingerprint density at radius 3 is 2.10 bits per heavy atom. The SMILES string of the molecule is CN1C=CN2c3cccc4c3C3(c5c(cccc5N5c6ccccc6-c6ccccc6-c6ccc[n+]3c65)O4)C12. The predicted octanol–water partition coefficient (Wildman–Crippen LogP) is 6.87. The monoisotopic (exact) mass is 503 g/mol. The number of rotatable bonds is 0.